The highest BCUT2D eigenvalue weighted by Gasteiger charge is 2.10. The number of hydrogen-bond acceptors (Lipinski definition) is 5. The van der Waals surface area contributed by atoms with Gasteiger partial charge in [-0.05, 0) is 23.3 Å². The first-order valence-corrected chi connectivity index (χ1v) is 10.8. The molecule has 0 spiro atoms. The maximum atomic E-state index is 12.1. The van der Waals surface area contributed by atoms with Crippen LogP contribution in [0.5, 0.6) is 11.5 Å². The predicted molar refractivity (Wildman–Crippen MR) is 115 cm³/mol. The van der Waals surface area contributed by atoms with E-state index in [4.69, 9.17) is 9.47 Å². The third-order valence-electron chi connectivity index (χ3n) is 4.13. The SMILES string of the molecule is CN=C(NCCS(=O)(=O)NCc1ccccc1)NCc1ccc(OC)c(OC)c1. The van der Waals surface area contributed by atoms with Crippen LogP contribution in [0.3, 0.4) is 0 Å². The Hall–Kier alpha value is -2.78. The van der Waals surface area contributed by atoms with E-state index < -0.39 is 10.0 Å². The molecule has 0 aliphatic heterocycles. The van der Waals surface area contributed by atoms with E-state index in [1.54, 1.807) is 21.3 Å². The third-order valence-corrected chi connectivity index (χ3v) is 5.46. The fourth-order valence-corrected chi connectivity index (χ4v) is 3.46. The standard InChI is InChI=1S/C20H28N4O4S/c1-21-20(23-14-17-9-10-18(27-2)19(13-17)28-3)22-11-12-29(25,26)24-15-16-7-5-4-6-8-16/h4-10,13,24H,11-12,14-15H2,1-3H3,(H2,21,22,23). The van der Waals surface area contributed by atoms with Gasteiger partial charge in [-0.2, -0.15) is 0 Å². The monoisotopic (exact) mass is 420 g/mol. The van der Waals surface area contributed by atoms with E-state index in [0.717, 1.165) is 11.1 Å². The van der Waals surface area contributed by atoms with Gasteiger partial charge in [0.05, 0.1) is 20.0 Å². The molecule has 0 radical (unpaired) electrons. The Morgan fingerprint density at radius 3 is 2.31 bits per heavy atom. The van der Waals surface area contributed by atoms with Crippen molar-refractivity contribution in [3.8, 4) is 11.5 Å². The summed E-state index contributed by atoms with van der Waals surface area (Å²) < 4.78 is 37.4. The fourth-order valence-electron chi connectivity index (χ4n) is 2.56. The van der Waals surface area contributed by atoms with Gasteiger partial charge in [-0.15, -0.1) is 0 Å². The molecule has 0 saturated heterocycles. The Bertz CT molecular complexity index is 902. The second kappa shape index (κ2) is 11.3. The van der Waals surface area contributed by atoms with Crippen molar-refractivity contribution >= 4 is 16.0 Å². The van der Waals surface area contributed by atoms with Crippen LogP contribution in [0.25, 0.3) is 0 Å². The van der Waals surface area contributed by atoms with Gasteiger partial charge in [-0.3, -0.25) is 4.99 Å². The number of hydrogen-bond donors (Lipinski definition) is 3. The molecule has 0 aromatic heterocycles. The molecule has 29 heavy (non-hydrogen) atoms. The van der Waals surface area contributed by atoms with Crippen molar-refractivity contribution in [1.82, 2.24) is 15.4 Å². The lowest BCUT2D eigenvalue weighted by Crippen LogP contribution is -2.40. The second-order valence-electron chi connectivity index (χ2n) is 6.17. The topological polar surface area (TPSA) is 101 Å². The molecular weight excluding hydrogens is 392 g/mol. The lowest BCUT2D eigenvalue weighted by Gasteiger charge is -2.14. The highest BCUT2D eigenvalue weighted by atomic mass is 32.2. The molecule has 0 aliphatic rings. The number of guanidine groups is 1. The van der Waals surface area contributed by atoms with E-state index in [2.05, 4.69) is 20.3 Å². The molecule has 0 amide bonds. The zero-order chi connectivity index (χ0) is 21.1. The van der Waals surface area contributed by atoms with Gasteiger partial charge in [0.25, 0.3) is 0 Å². The van der Waals surface area contributed by atoms with Crippen molar-refractivity contribution in [1.29, 1.82) is 0 Å². The Morgan fingerprint density at radius 1 is 0.931 bits per heavy atom. The van der Waals surface area contributed by atoms with E-state index in [1.165, 1.54) is 0 Å². The summed E-state index contributed by atoms with van der Waals surface area (Å²) in [6.45, 7) is 1.00. The summed E-state index contributed by atoms with van der Waals surface area (Å²) in [4.78, 5) is 4.12. The highest BCUT2D eigenvalue weighted by molar-refractivity contribution is 7.89. The number of rotatable bonds is 10. The Balaban J connectivity index is 1.78. The van der Waals surface area contributed by atoms with Crippen molar-refractivity contribution in [3.05, 3.63) is 59.7 Å². The maximum absolute atomic E-state index is 12.1. The van der Waals surface area contributed by atoms with Gasteiger partial charge in [-0.25, -0.2) is 13.1 Å². The largest absolute Gasteiger partial charge is 0.493 e. The number of aliphatic imine (C=N–C) groups is 1. The molecular formula is C20H28N4O4S. The quantitative estimate of drug-likeness (QED) is 0.398. The molecule has 9 heteroatoms. The summed E-state index contributed by atoms with van der Waals surface area (Å²) in [5, 5.41) is 6.15. The minimum Gasteiger partial charge on any atom is -0.493 e. The van der Waals surface area contributed by atoms with Gasteiger partial charge in [0.2, 0.25) is 10.0 Å². The molecule has 0 saturated carbocycles. The van der Waals surface area contributed by atoms with Gasteiger partial charge < -0.3 is 20.1 Å². The van der Waals surface area contributed by atoms with Crippen LogP contribution in [0.1, 0.15) is 11.1 Å². The summed E-state index contributed by atoms with van der Waals surface area (Å²) in [5.41, 5.74) is 1.89. The van der Waals surface area contributed by atoms with Crippen molar-refractivity contribution in [2.75, 3.05) is 33.6 Å². The van der Waals surface area contributed by atoms with Crippen LogP contribution in [0.4, 0.5) is 0 Å². The number of sulfonamides is 1. The van der Waals surface area contributed by atoms with Gasteiger partial charge in [-0.1, -0.05) is 36.4 Å². The van der Waals surface area contributed by atoms with Gasteiger partial charge in [0, 0.05) is 26.7 Å². The lowest BCUT2D eigenvalue weighted by molar-refractivity contribution is 0.354. The van der Waals surface area contributed by atoms with Crippen LogP contribution in [0.2, 0.25) is 0 Å². The smallest absolute Gasteiger partial charge is 0.213 e. The van der Waals surface area contributed by atoms with Crippen molar-refractivity contribution in [2.45, 2.75) is 13.1 Å². The molecule has 0 heterocycles. The molecule has 0 fully saturated rings. The van der Waals surface area contributed by atoms with Gasteiger partial charge >= 0.3 is 0 Å². The summed E-state index contributed by atoms with van der Waals surface area (Å²) in [6, 6.07) is 15.0. The highest BCUT2D eigenvalue weighted by Crippen LogP contribution is 2.27. The Labute approximate surface area is 172 Å². The molecule has 2 rings (SSSR count). The number of benzene rings is 2. The van der Waals surface area contributed by atoms with Crippen LogP contribution < -0.4 is 24.8 Å². The second-order valence-corrected chi connectivity index (χ2v) is 8.09. The minimum atomic E-state index is -3.39. The summed E-state index contributed by atoms with van der Waals surface area (Å²) in [7, 11) is 1.41. The normalized spacial score (nSPS) is 11.8. The van der Waals surface area contributed by atoms with E-state index >= 15 is 0 Å². The molecule has 2 aromatic rings. The van der Waals surface area contributed by atoms with E-state index in [1.807, 2.05) is 48.5 Å². The number of methoxy groups -OCH3 is 2. The molecule has 2 aromatic carbocycles. The molecule has 0 atom stereocenters. The molecule has 8 nitrogen and oxygen atoms in total. The molecule has 3 N–H and O–H groups in total. The van der Waals surface area contributed by atoms with Crippen molar-refractivity contribution in [2.24, 2.45) is 4.99 Å². The average molecular weight is 421 g/mol. The van der Waals surface area contributed by atoms with Crippen LogP contribution in [-0.4, -0.2) is 47.9 Å². The summed E-state index contributed by atoms with van der Waals surface area (Å²) in [5.74, 6) is 1.76. The van der Waals surface area contributed by atoms with Crippen LogP contribution in [0, 0.1) is 0 Å². The minimum absolute atomic E-state index is 0.0586. The van der Waals surface area contributed by atoms with Gasteiger partial charge in [0.1, 0.15) is 0 Å². The van der Waals surface area contributed by atoms with Crippen LogP contribution >= 0.6 is 0 Å². The van der Waals surface area contributed by atoms with Gasteiger partial charge in [0.15, 0.2) is 17.5 Å². The Kier molecular flexibility index (Phi) is 8.75. The average Bonchev–Trinajstić information content (AvgIpc) is 2.75. The zero-order valence-electron chi connectivity index (χ0n) is 16.9. The number of ether oxygens (including phenoxy) is 2. The molecule has 158 valence electrons. The maximum Gasteiger partial charge on any atom is 0.213 e. The summed E-state index contributed by atoms with van der Waals surface area (Å²) in [6.07, 6.45) is 0. The zero-order valence-corrected chi connectivity index (χ0v) is 17.8. The van der Waals surface area contributed by atoms with Crippen molar-refractivity contribution < 1.29 is 17.9 Å². The predicted octanol–water partition coefficient (Wildman–Crippen LogP) is 1.49. The van der Waals surface area contributed by atoms with Crippen LogP contribution in [0.15, 0.2) is 53.5 Å². The number of nitrogens with one attached hydrogen (secondary N) is 3. The van der Waals surface area contributed by atoms with Crippen molar-refractivity contribution in [3.63, 3.8) is 0 Å². The first-order valence-electron chi connectivity index (χ1n) is 9.14. The van der Waals surface area contributed by atoms with E-state index in [-0.39, 0.29) is 18.8 Å². The number of nitrogens with zero attached hydrogens (tertiary/aromatic N) is 1. The molecule has 0 aliphatic carbocycles. The fraction of sp³-hybridized carbons (Fsp3) is 0.350. The first kappa shape index (κ1) is 22.5. The molecule has 0 bridgehead atoms. The van der Waals surface area contributed by atoms with E-state index in [9.17, 15) is 8.42 Å². The molecule has 0 unspecified atom stereocenters. The lowest BCUT2D eigenvalue weighted by atomic mass is 10.2. The van der Waals surface area contributed by atoms with E-state index in [0.29, 0.717) is 24.0 Å². The first-order chi connectivity index (χ1) is 14.0. The Morgan fingerprint density at radius 2 is 1.66 bits per heavy atom. The third kappa shape index (κ3) is 7.63. The summed E-state index contributed by atoms with van der Waals surface area (Å²) >= 11 is 0. The van der Waals surface area contributed by atoms with Crippen LogP contribution in [-0.2, 0) is 23.1 Å².